The molecule has 1 aromatic carbocycles. The molecule has 8 nitrogen and oxygen atoms in total. The maximum atomic E-state index is 13.6. The molecule has 2 rings (SSSR count). The van der Waals surface area contributed by atoms with Crippen LogP contribution in [-0.4, -0.2) is 35.9 Å². The number of nitro benzene ring substituents is 1. The van der Waals surface area contributed by atoms with Crippen LogP contribution in [0.4, 0.5) is 15.8 Å². The molecule has 106 valence electrons. The number of amides is 2. The lowest BCUT2D eigenvalue weighted by Gasteiger charge is -2.23. The van der Waals surface area contributed by atoms with Gasteiger partial charge >= 0.3 is 0 Å². The molecule has 0 aromatic heterocycles. The van der Waals surface area contributed by atoms with Crippen molar-refractivity contribution in [1.29, 1.82) is 0 Å². The van der Waals surface area contributed by atoms with E-state index in [-0.39, 0.29) is 19.0 Å². The van der Waals surface area contributed by atoms with Crippen molar-refractivity contribution in [2.45, 2.75) is 6.04 Å². The van der Waals surface area contributed by atoms with Gasteiger partial charge in [0.25, 0.3) is 5.69 Å². The van der Waals surface area contributed by atoms with Crippen LogP contribution in [0.5, 0.6) is 0 Å². The molecule has 9 heteroatoms. The number of nitrogens with one attached hydrogen (secondary N) is 3. The van der Waals surface area contributed by atoms with E-state index in [1.54, 1.807) is 0 Å². The molecule has 1 unspecified atom stereocenters. The fraction of sp³-hybridized carbons (Fsp3) is 0.273. The summed E-state index contributed by atoms with van der Waals surface area (Å²) in [6.45, 7) is -0.00955. The summed E-state index contributed by atoms with van der Waals surface area (Å²) in [5.74, 6) is -1.81. The Morgan fingerprint density at radius 1 is 1.50 bits per heavy atom. The first-order chi connectivity index (χ1) is 9.49. The lowest BCUT2D eigenvalue weighted by atomic mass is 10.2. The molecule has 1 aliphatic rings. The first kappa shape index (κ1) is 13.9. The van der Waals surface area contributed by atoms with Crippen molar-refractivity contribution in [1.82, 2.24) is 10.6 Å². The van der Waals surface area contributed by atoms with E-state index in [0.29, 0.717) is 0 Å². The van der Waals surface area contributed by atoms with Gasteiger partial charge in [-0.1, -0.05) is 6.07 Å². The Kier molecular flexibility index (Phi) is 3.89. The summed E-state index contributed by atoms with van der Waals surface area (Å²) in [5.41, 5.74) is -1.01. The van der Waals surface area contributed by atoms with E-state index < -0.39 is 34.1 Å². The lowest BCUT2D eigenvalue weighted by molar-refractivity contribution is -0.384. The maximum absolute atomic E-state index is 13.6. The van der Waals surface area contributed by atoms with E-state index in [1.807, 2.05) is 0 Å². The number of rotatable bonds is 3. The number of carbonyl (C=O) groups is 2. The van der Waals surface area contributed by atoms with Gasteiger partial charge in [0, 0.05) is 12.6 Å². The Morgan fingerprint density at radius 2 is 2.25 bits per heavy atom. The second-order valence-electron chi connectivity index (χ2n) is 4.12. The second-order valence-corrected chi connectivity index (χ2v) is 4.12. The number of halogens is 1. The van der Waals surface area contributed by atoms with Gasteiger partial charge in [-0.25, -0.2) is 4.39 Å². The van der Waals surface area contributed by atoms with E-state index in [4.69, 9.17) is 0 Å². The van der Waals surface area contributed by atoms with Crippen molar-refractivity contribution in [3.05, 3.63) is 34.1 Å². The van der Waals surface area contributed by atoms with Crippen LogP contribution < -0.4 is 16.0 Å². The quantitative estimate of drug-likeness (QED) is 0.523. The third kappa shape index (κ3) is 2.88. The van der Waals surface area contributed by atoms with Gasteiger partial charge < -0.3 is 10.6 Å². The summed E-state index contributed by atoms with van der Waals surface area (Å²) in [6.07, 6.45) is 0. The summed E-state index contributed by atoms with van der Waals surface area (Å²) < 4.78 is 13.6. The van der Waals surface area contributed by atoms with Crippen molar-refractivity contribution in [3.63, 3.8) is 0 Å². The monoisotopic (exact) mass is 282 g/mol. The van der Waals surface area contributed by atoms with Crippen LogP contribution in [0.15, 0.2) is 18.2 Å². The zero-order valence-electron chi connectivity index (χ0n) is 10.2. The van der Waals surface area contributed by atoms with Crippen LogP contribution in [0.3, 0.4) is 0 Å². The molecule has 20 heavy (non-hydrogen) atoms. The first-order valence-corrected chi connectivity index (χ1v) is 5.73. The van der Waals surface area contributed by atoms with Crippen molar-refractivity contribution in [2.75, 3.05) is 18.4 Å². The average molecular weight is 282 g/mol. The van der Waals surface area contributed by atoms with Crippen molar-refractivity contribution in [3.8, 4) is 0 Å². The SMILES string of the molecule is O=C1CNC(C(=O)Nc2c(F)cccc2[N+](=O)[O-])CN1. The summed E-state index contributed by atoms with van der Waals surface area (Å²) in [7, 11) is 0. The molecular formula is C11H11FN4O4. The van der Waals surface area contributed by atoms with Gasteiger partial charge in [0.1, 0.15) is 6.04 Å². The van der Waals surface area contributed by atoms with E-state index in [2.05, 4.69) is 16.0 Å². The number of benzene rings is 1. The molecule has 1 saturated heterocycles. The highest BCUT2D eigenvalue weighted by atomic mass is 19.1. The van der Waals surface area contributed by atoms with Gasteiger partial charge in [-0.15, -0.1) is 0 Å². The summed E-state index contributed by atoms with van der Waals surface area (Å²) in [4.78, 5) is 32.8. The van der Waals surface area contributed by atoms with E-state index in [0.717, 1.165) is 12.1 Å². The van der Waals surface area contributed by atoms with Crippen LogP contribution in [0.2, 0.25) is 0 Å². The fourth-order valence-corrected chi connectivity index (χ4v) is 1.75. The lowest BCUT2D eigenvalue weighted by Crippen LogP contribution is -2.56. The molecular weight excluding hydrogens is 271 g/mol. The highest BCUT2D eigenvalue weighted by Gasteiger charge is 2.27. The molecule has 0 radical (unpaired) electrons. The van der Waals surface area contributed by atoms with Gasteiger partial charge in [-0.05, 0) is 6.07 Å². The minimum absolute atomic E-state index is 0.0346. The standard InChI is InChI=1S/C11H11FN4O4/c12-6-2-1-3-8(16(19)20)10(6)15-11(18)7-4-14-9(17)5-13-7/h1-3,7,13H,4-5H2,(H,14,17)(H,15,18). The molecule has 0 bridgehead atoms. The second kappa shape index (κ2) is 5.61. The Bertz CT molecular complexity index is 568. The minimum Gasteiger partial charge on any atom is -0.353 e. The van der Waals surface area contributed by atoms with Crippen LogP contribution in [0.1, 0.15) is 0 Å². The topological polar surface area (TPSA) is 113 Å². The Balaban J connectivity index is 2.15. The number of nitrogens with zero attached hydrogens (tertiary/aromatic N) is 1. The fourth-order valence-electron chi connectivity index (χ4n) is 1.75. The van der Waals surface area contributed by atoms with Crippen LogP contribution >= 0.6 is 0 Å². The Labute approximate surface area is 112 Å². The van der Waals surface area contributed by atoms with E-state index in [9.17, 15) is 24.1 Å². The zero-order valence-corrected chi connectivity index (χ0v) is 10.2. The van der Waals surface area contributed by atoms with Gasteiger partial charge in [0.15, 0.2) is 11.5 Å². The van der Waals surface area contributed by atoms with Crippen LogP contribution in [-0.2, 0) is 9.59 Å². The zero-order chi connectivity index (χ0) is 14.7. The van der Waals surface area contributed by atoms with Gasteiger partial charge in [0.05, 0.1) is 11.5 Å². The third-order valence-corrected chi connectivity index (χ3v) is 2.77. The number of nitro groups is 1. The Morgan fingerprint density at radius 3 is 2.85 bits per heavy atom. The highest BCUT2D eigenvalue weighted by molar-refractivity contribution is 5.98. The molecule has 1 heterocycles. The number of piperazine rings is 1. The number of para-hydroxylation sites is 1. The number of carbonyl (C=O) groups excluding carboxylic acids is 2. The highest BCUT2D eigenvalue weighted by Crippen LogP contribution is 2.27. The van der Waals surface area contributed by atoms with E-state index >= 15 is 0 Å². The largest absolute Gasteiger partial charge is 0.353 e. The maximum Gasteiger partial charge on any atom is 0.295 e. The Hall–Kier alpha value is -2.55. The van der Waals surface area contributed by atoms with Crippen LogP contribution in [0, 0.1) is 15.9 Å². The summed E-state index contributed by atoms with van der Waals surface area (Å²) in [6, 6.07) is 2.52. The van der Waals surface area contributed by atoms with E-state index in [1.165, 1.54) is 6.07 Å². The van der Waals surface area contributed by atoms with Gasteiger partial charge in [-0.3, -0.25) is 25.0 Å². The molecule has 0 aliphatic carbocycles. The normalized spacial score (nSPS) is 18.2. The third-order valence-electron chi connectivity index (χ3n) is 2.77. The number of hydrogen-bond donors (Lipinski definition) is 3. The first-order valence-electron chi connectivity index (χ1n) is 5.73. The molecule has 1 aromatic rings. The van der Waals surface area contributed by atoms with Crippen molar-refractivity contribution in [2.24, 2.45) is 0 Å². The predicted molar refractivity (Wildman–Crippen MR) is 66.5 cm³/mol. The smallest absolute Gasteiger partial charge is 0.295 e. The van der Waals surface area contributed by atoms with Gasteiger partial charge in [0.2, 0.25) is 11.8 Å². The molecule has 0 spiro atoms. The molecule has 1 atom stereocenters. The van der Waals surface area contributed by atoms with Gasteiger partial charge in [-0.2, -0.15) is 0 Å². The van der Waals surface area contributed by atoms with Crippen LogP contribution in [0.25, 0.3) is 0 Å². The molecule has 1 aliphatic heterocycles. The predicted octanol–water partition coefficient (Wildman–Crippen LogP) is -0.240. The molecule has 0 saturated carbocycles. The molecule has 3 N–H and O–H groups in total. The number of hydrogen-bond acceptors (Lipinski definition) is 5. The minimum atomic E-state index is -0.896. The van der Waals surface area contributed by atoms with Crippen molar-refractivity contribution >= 4 is 23.2 Å². The summed E-state index contributed by atoms with van der Waals surface area (Å²) in [5, 5.41) is 18.1. The molecule has 2 amide bonds. The average Bonchev–Trinajstić information content (AvgIpc) is 2.41. The molecule has 1 fully saturated rings. The van der Waals surface area contributed by atoms with Crippen molar-refractivity contribution < 1.29 is 18.9 Å². The summed E-state index contributed by atoms with van der Waals surface area (Å²) >= 11 is 0. The number of anilines is 1.